The molecule has 4 rings (SSSR count). The first-order valence-corrected chi connectivity index (χ1v) is 8.40. The summed E-state index contributed by atoms with van der Waals surface area (Å²) in [6.45, 7) is 0. The third-order valence-corrected chi connectivity index (χ3v) is 3.82. The van der Waals surface area contributed by atoms with Gasteiger partial charge in [-0.15, -0.1) is 5.10 Å². The molecule has 132 valence electrons. The van der Waals surface area contributed by atoms with Gasteiger partial charge in [0, 0.05) is 11.8 Å². The maximum absolute atomic E-state index is 12.5. The number of carbonyl (C=O) groups is 1. The molecule has 0 atom stereocenters. The predicted molar refractivity (Wildman–Crippen MR) is 102 cm³/mol. The van der Waals surface area contributed by atoms with Gasteiger partial charge in [-0.25, -0.2) is 4.68 Å². The smallest absolute Gasteiger partial charge is 0.277 e. The van der Waals surface area contributed by atoms with Gasteiger partial charge in [0.15, 0.2) is 5.69 Å². The number of rotatable bonds is 5. The lowest BCUT2D eigenvalue weighted by molar-refractivity contribution is 0.102. The Balaban J connectivity index is 1.47. The molecule has 0 spiro atoms. The number of benzene rings is 3. The highest BCUT2D eigenvalue weighted by Gasteiger charge is 2.12. The topological polar surface area (TPSA) is 69.0 Å². The average molecular weight is 356 g/mol. The summed E-state index contributed by atoms with van der Waals surface area (Å²) in [6.07, 6.45) is 1.59. The second-order valence-electron chi connectivity index (χ2n) is 5.78. The van der Waals surface area contributed by atoms with Gasteiger partial charge in [0.2, 0.25) is 0 Å². The van der Waals surface area contributed by atoms with Crippen molar-refractivity contribution in [2.45, 2.75) is 0 Å². The number of anilines is 1. The number of nitrogens with one attached hydrogen (secondary N) is 1. The van der Waals surface area contributed by atoms with Crippen molar-refractivity contribution in [1.29, 1.82) is 0 Å². The summed E-state index contributed by atoms with van der Waals surface area (Å²) in [4.78, 5) is 12.5. The van der Waals surface area contributed by atoms with E-state index in [4.69, 9.17) is 4.74 Å². The van der Waals surface area contributed by atoms with Crippen molar-refractivity contribution < 1.29 is 9.53 Å². The van der Waals surface area contributed by atoms with Gasteiger partial charge in [-0.1, -0.05) is 47.7 Å². The van der Waals surface area contributed by atoms with E-state index in [1.165, 1.54) is 0 Å². The Morgan fingerprint density at radius 3 is 2.33 bits per heavy atom. The largest absolute Gasteiger partial charge is 0.457 e. The number of aromatic nitrogens is 3. The molecule has 4 aromatic rings. The molecule has 1 N–H and O–H groups in total. The Bertz CT molecular complexity index is 1050. The second-order valence-corrected chi connectivity index (χ2v) is 5.78. The van der Waals surface area contributed by atoms with Crippen LogP contribution in [-0.4, -0.2) is 20.9 Å². The minimum absolute atomic E-state index is 0.230. The van der Waals surface area contributed by atoms with Crippen LogP contribution >= 0.6 is 0 Å². The molecule has 0 saturated carbocycles. The maximum atomic E-state index is 12.5. The van der Waals surface area contributed by atoms with Crippen molar-refractivity contribution in [3.05, 3.63) is 96.8 Å². The highest BCUT2D eigenvalue weighted by Crippen LogP contribution is 2.24. The highest BCUT2D eigenvalue weighted by atomic mass is 16.5. The Hall–Kier alpha value is -3.93. The molecule has 0 aliphatic carbocycles. The molecule has 3 aromatic carbocycles. The fourth-order valence-corrected chi connectivity index (χ4v) is 2.53. The number of amides is 1. The quantitative estimate of drug-likeness (QED) is 0.578. The van der Waals surface area contributed by atoms with E-state index < -0.39 is 0 Å². The molecule has 0 unspecified atom stereocenters. The third kappa shape index (κ3) is 4.01. The molecule has 1 aromatic heterocycles. The van der Waals surface area contributed by atoms with Crippen LogP contribution in [0, 0.1) is 0 Å². The molecule has 6 heteroatoms. The minimum Gasteiger partial charge on any atom is -0.457 e. The van der Waals surface area contributed by atoms with Crippen molar-refractivity contribution in [2.24, 2.45) is 0 Å². The van der Waals surface area contributed by atoms with E-state index in [1.54, 1.807) is 23.0 Å². The Morgan fingerprint density at radius 1 is 0.852 bits per heavy atom. The van der Waals surface area contributed by atoms with Gasteiger partial charge in [0.25, 0.3) is 5.91 Å². The van der Waals surface area contributed by atoms with Crippen LogP contribution in [0.3, 0.4) is 0 Å². The fraction of sp³-hybridized carbons (Fsp3) is 0. The van der Waals surface area contributed by atoms with Crippen molar-refractivity contribution in [2.75, 3.05) is 5.32 Å². The number of carbonyl (C=O) groups excluding carboxylic acids is 1. The van der Waals surface area contributed by atoms with Crippen LogP contribution in [0.2, 0.25) is 0 Å². The van der Waals surface area contributed by atoms with Crippen molar-refractivity contribution in [3.63, 3.8) is 0 Å². The van der Waals surface area contributed by atoms with Gasteiger partial charge in [0.1, 0.15) is 11.5 Å². The summed E-state index contributed by atoms with van der Waals surface area (Å²) < 4.78 is 7.34. The summed E-state index contributed by atoms with van der Waals surface area (Å²) in [5.41, 5.74) is 1.68. The van der Waals surface area contributed by atoms with Crippen LogP contribution in [0.4, 0.5) is 5.69 Å². The molecule has 0 fully saturated rings. The molecular weight excluding hydrogens is 340 g/mol. The standard InChI is InChI=1S/C21H16N4O2/c26-21(20-15-25(24-23-20)17-9-3-1-4-10-17)22-16-8-7-13-19(14-16)27-18-11-5-2-6-12-18/h1-15H,(H,22,26). The zero-order valence-electron chi connectivity index (χ0n) is 14.3. The van der Waals surface area contributed by atoms with E-state index in [-0.39, 0.29) is 11.6 Å². The number of hydrogen-bond donors (Lipinski definition) is 1. The summed E-state index contributed by atoms with van der Waals surface area (Å²) in [7, 11) is 0. The number of para-hydroxylation sites is 2. The zero-order chi connectivity index (χ0) is 18.5. The number of ether oxygens (including phenoxy) is 1. The van der Waals surface area contributed by atoms with Crippen LogP contribution in [0.25, 0.3) is 5.69 Å². The Kier molecular flexibility index (Phi) is 4.61. The Labute approximate surface area is 156 Å². The lowest BCUT2D eigenvalue weighted by atomic mass is 10.3. The van der Waals surface area contributed by atoms with Crippen LogP contribution in [0.15, 0.2) is 91.1 Å². The van der Waals surface area contributed by atoms with E-state index >= 15 is 0 Å². The van der Waals surface area contributed by atoms with Gasteiger partial charge >= 0.3 is 0 Å². The van der Waals surface area contributed by atoms with Crippen LogP contribution in [0.5, 0.6) is 11.5 Å². The summed E-state index contributed by atoms with van der Waals surface area (Å²) in [5, 5.41) is 10.8. The minimum atomic E-state index is -0.339. The van der Waals surface area contributed by atoms with Gasteiger partial charge in [-0.3, -0.25) is 4.79 Å². The number of nitrogens with zero attached hydrogens (tertiary/aromatic N) is 3. The third-order valence-electron chi connectivity index (χ3n) is 3.82. The molecule has 1 amide bonds. The van der Waals surface area contributed by atoms with Crippen LogP contribution in [-0.2, 0) is 0 Å². The predicted octanol–water partition coefficient (Wildman–Crippen LogP) is 4.31. The first-order chi connectivity index (χ1) is 13.3. The van der Waals surface area contributed by atoms with E-state index in [1.807, 2.05) is 72.8 Å². The molecule has 0 saturated heterocycles. The van der Waals surface area contributed by atoms with Gasteiger partial charge in [0.05, 0.1) is 11.9 Å². The lowest BCUT2D eigenvalue weighted by Crippen LogP contribution is -2.12. The molecule has 0 aliphatic heterocycles. The van der Waals surface area contributed by atoms with Crippen LogP contribution < -0.4 is 10.1 Å². The van der Waals surface area contributed by atoms with Crippen molar-refractivity contribution in [3.8, 4) is 17.2 Å². The highest BCUT2D eigenvalue weighted by molar-refractivity contribution is 6.02. The second kappa shape index (κ2) is 7.53. The van der Waals surface area contributed by atoms with E-state index in [0.29, 0.717) is 11.4 Å². The zero-order valence-corrected chi connectivity index (χ0v) is 14.3. The monoisotopic (exact) mass is 356 g/mol. The first kappa shape index (κ1) is 16.5. The Morgan fingerprint density at radius 2 is 1.56 bits per heavy atom. The van der Waals surface area contributed by atoms with Crippen molar-refractivity contribution >= 4 is 11.6 Å². The van der Waals surface area contributed by atoms with E-state index in [9.17, 15) is 4.79 Å². The molecular formula is C21H16N4O2. The summed E-state index contributed by atoms with van der Waals surface area (Å²) >= 11 is 0. The van der Waals surface area contributed by atoms with Gasteiger partial charge in [-0.05, 0) is 36.4 Å². The summed E-state index contributed by atoms with van der Waals surface area (Å²) in [5.74, 6) is 1.02. The average Bonchev–Trinajstić information content (AvgIpc) is 3.20. The van der Waals surface area contributed by atoms with E-state index in [2.05, 4.69) is 15.6 Å². The normalized spacial score (nSPS) is 10.4. The van der Waals surface area contributed by atoms with Gasteiger partial charge in [-0.2, -0.15) is 0 Å². The fourth-order valence-electron chi connectivity index (χ4n) is 2.53. The molecule has 27 heavy (non-hydrogen) atoms. The van der Waals surface area contributed by atoms with Crippen LogP contribution in [0.1, 0.15) is 10.5 Å². The summed E-state index contributed by atoms with van der Waals surface area (Å²) in [6, 6.07) is 26.1. The molecule has 1 heterocycles. The number of hydrogen-bond acceptors (Lipinski definition) is 4. The molecule has 0 radical (unpaired) electrons. The SMILES string of the molecule is O=C(Nc1cccc(Oc2ccccc2)c1)c1cn(-c2ccccc2)nn1. The van der Waals surface area contributed by atoms with Crippen molar-refractivity contribution in [1.82, 2.24) is 15.0 Å². The maximum Gasteiger partial charge on any atom is 0.277 e. The lowest BCUT2D eigenvalue weighted by Gasteiger charge is -2.08. The first-order valence-electron chi connectivity index (χ1n) is 8.40. The van der Waals surface area contributed by atoms with E-state index in [0.717, 1.165) is 11.4 Å². The molecule has 0 bridgehead atoms. The molecule has 6 nitrogen and oxygen atoms in total. The molecule has 0 aliphatic rings. The van der Waals surface area contributed by atoms with Gasteiger partial charge < -0.3 is 10.1 Å².